The van der Waals surface area contributed by atoms with E-state index in [0.717, 1.165) is 25.8 Å². The summed E-state index contributed by atoms with van der Waals surface area (Å²) >= 11 is 6.76. The number of pyridine rings is 1. The molecule has 5 heteroatoms. The average Bonchev–Trinajstić information content (AvgIpc) is 2.34. The predicted octanol–water partition coefficient (Wildman–Crippen LogP) is 4.48. The molecule has 1 N–H and O–H groups in total. The molecule has 0 saturated heterocycles. The summed E-state index contributed by atoms with van der Waals surface area (Å²) in [4.78, 5) is 16.2. The molecule has 1 aromatic carbocycles. The molecule has 1 amide bonds. The van der Waals surface area contributed by atoms with Crippen LogP contribution in [-0.2, 0) is 0 Å². The van der Waals surface area contributed by atoms with Crippen molar-refractivity contribution in [2.24, 2.45) is 0 Å². The highest BCUT2D eigenvalue weighted by Crippen LogP contribution is 2.28. The van der Waals surface area contributed by atoms with E-state index in [1.54, 1.807) is 18.3 Å². The van der Waals surface area contributed by atoms with Crippen LogP contribution in [0.15, 0.2) is 39.4 Å². The molecule has 0 unspecified atom stereocenters. The molecular weight excluding hydrogens is 372 g/mol. The van der Waals surface area contributed by atoms with E-state index in [-0.39, 0.29) is 5.91 Å². The van der Waals surface area contributed by atoms with Crippen molar-refractivity contribution in [3.05, 3.63) is 56.2 Å². The number of hydrogen-bond donors (Lipinski definition) is 1. The molecule has 2 rings (SSSR count). The van der Waals surface area contributed by atoms with Crippen LogP contribution >= 0.6 is 31.9 Å². The molecule has 0 radical (unpaired) electrons. The maximum absolute atomic E-state index is 12.1. The number of nitrogens with zero attached hydrogens (tertiary/aromatic N) is 1. The zero-order valence-electron chi connectivity index (χ0n) is 10.5. The zero-order valence-corrected chi connectivity index (χ0v) is 13.7. The second-order valence-electron chi connectivity index (χ2n) is 4.25. The number of aromatic nitrogens is 1. The molecule has 3 nitrogen and oxygen atoms in total. The van der Waals surface area contributed by atoms with Gasteiger partial charge >= 0.3 is 0 Å². The quantitative estimate of drug-likeness (QED) is 0.830. The minimum Gasteiger partial charge on any atom is -0.319 e. The Hall–Kier alpha value is -1.20. The fourth-order valence-corrected chi connectivity index (χ4v) is 2.77. The van der Waals surface area contributed by atoms with Crippen LogP contribution in [0, 0.1) is 13.8 Å². The van der Waals surface area contributed by atoms with Crippen LogP contribution in [0.2, 0.25) is 0 Å². The van der Waals surface area contributed by atoms with E-state index in [1.165, 1.54) is 0 Å². The lowest BCUT2D eigenvalue weighted by molar-refractivity contribution is 0.102. The lowest BCUT2D eigenvalue weighted by atomic mass is 10.1. The number of anilines is 1. The summed E-state index contributed by atoms with van der Waals surface area (Å²) in [6.45, 7) is 3.97. The Morgan fingerprint density at radius 1 is 1.21 bits per heavy atom. The van der Waals surface area contributed by atoms with E-state index in [2.05, 4.69) is 42.2 Å². The maximum atomic E-state index is 12.1. The minimum absolute atomic E-state index is 0.222. The Kier molecular flexibility index (Phi) is 4.37. The number of carbonyl (C=O) groups excluding carboxylic acids is 1. The van der Waals surface area contributed by atoms with Gasteiger partial charge in [-0.2, -0.15) is 0 Å². The molecule has 0 aliphatic rings. The van der Waals surface area contributed by atoms with E-state index in [9.17, 15) is 4.79 Å². The largest absolute Gasteiger partial charge is 0.319 e. The lowest BCUT2D eigenvalue weighted by Crippen LogP contribution is -2.14. The normalized spacial score (nSPS) is 10.3. The minimum atomic E-state index is -0.222. The highest BCUT2D eigenvalue weighted by molar-refractivity contribution is 9.10. The Morgan fingerprint density at radius 2 is 1.95 bits per heavy atom. The smallest absolute Gasteiger partial charge is 0.274 e. The van der Waals surface area contributed by atoms with Crippen molar-refractivity contribution < 1.29 is 4.79 Å². The van der Waals surface area contributed by atoms with Crippen LogP contribution in [0.3, 0.4) is 0 Å². The first-order valence-corrected chi connectivity index (χ1v) is 7.25. The third kappa shape index (κ3) is 3.42. The number of benzene rings is 1. The van der Waals surface area contributed by atoms with Crippen molar-refractivity contribution in [1.82, 2.24) is 4.98 Å². The molecule has 0 bridgehead atoms. The van der Waals surface area contributed by atoms with Gasteiger partial charge in [-0.15, -0.1) is 0 Å². The number of hydrogen-bond acceptors (Lipinski definition) is 2. The van der Waals surface area contributed by atoms with Crippen LogP contribution in [-0.4, -0.2) is 10.9 Å². The summed E-state index contributed by atoms with van der Waals surface area (Å²) in [5.74, 6) is -0.222. The third-order valence-corrected chi connectivity index (χ3v) is 3.72. The van der Waals surface area contributed by atoms with Crippen molar-refractivity contribution in [3.63, 3.8) is 0 Å². The van der Waals surface area contributed by atoms with E-state index in [0.29, 0.717) is 5.69 Å². The van der Waals surface area contributed by atoms with Crippen LogP contribution in [0.25, 0.3) is 0 Å². The highest BCUT2D eigenvalue weighted by Gasteiger charge is 2.11. The molecular formula is C14H12Br2N2O. The molecule has 98 valence electrons. The molecule has 19 heavy (non-hydrogen) atoms. The summed E-state index contributed by atoms with van der Waals surface area (Å²) < 4.78 is 1.72. The van der Waals surface area contributed by atoms with Crippen LogP contribution in [0.4, 0.5) is 5.69 Å². The SMILES string of the molecule is Cc1cc(C)c(NC(=O)c2ccc(Br)cn2)c(Br)c1. The van der Waals surface area contributed by atoms with Gasteiger partial charge in [0.1, 0.15) is 5.69 Å². The number of carbonyl (C=O) groups is 1. The van der Waals surface area contributed by atoms with Gasteiger partial charge in [0.15, 0.2) is 0 Å². The topological polar surface area (TPSA) is 42.0 Å². The van der Waals surface area contributed by atoms with E-state index in [1.807, 2.05) is 26.0 Å². The van der Waals surface area contributed by atoms with Crippen molar-refractivity contribution in [3.8, 4) is 0 Å². The number of nitrogens with one attached hydrogen (secondary N) is 1. The Balaban J connectivity index is 2.26. The van der Waals surface area contributed by atoms with Gasteiger partial charge in [-0.05, 0) is 75.0 Å². The first-order chi connectivity index (χ1) is 8.97. The number of rotatable bonds is 2. The van der Waals surface area contributed by atoms with E-state index < -0.39 is 0 Å². The summed E-state index contributed by atoms with van der Waals surface area (Å²) in [7, 11) is 0. The fraction of sp³-hybridized carbons (Fsp3) is 0.143. The van der Waals surface area contributed by atoms with Gasteiger partial charge in [-0.1, -0.05) is 6.07 Å². The Bertz CT molecular complexity index is 601. The summed E-state index contributed by atoms with van der Waals surface area (Å²) in [5.41, 5.74) is 3.32. The number of aryl methyl sites for hydroxylation is 2. The van der Waals surface area contributed by atoms with Crippen molar-refractivity contribution in [2.45, 2.75) is 13.8 Å². The predicted molar refractivity (Wildman–Crippen MR) is 83.5 cm³/mol. The third-order valence-electron chi connectivity index (χ3n) is 2.63. The number of halogens is 2. The van der Waals surface area contributed by atoms with Crippen molar-refractivity contribution in [1.29, 1.82) is 0 Å². The van der Waals surface area contributed by atoms with Gasteiger partial charge in [0.2, 0.25) is 0 Å². The van der Waals surface area contributed by atoms with Crippen molar-refractivity contribution in [2.75, 3.05) is 5.32 Å². The number of amides is 1. The first-order valence-electron chi connectivity index (χ1n) is 5.67. The van der Waals surface area contributed by atoms with Crippen LogP contribution in [0.5, 0.6) is 0 Å². The highest BCUT2D eigenvalue weighted by atomic mass is 79.9. The van der Waals surface area contributed by atoms with Gasteiger partial charge in [0, 0.05) is 15.1 Å². The van der Waals surface area contributed by atoms with Gasteiger partial charge in [-0.25, -0.2) is 4.98 Å². The molecule has 1 heterocycles. The standard InChI is InChI=1S/C14H12Br2N2O/c1-8-5-9(2)13(11(16)6-8)18-14(19)12-4-3-10(15)7-17-12/h3-7H,1-2H3,(H,18,19). The van der Waals surface area contributed by atoms with Crippen molar-refractivity contribution >= 4 is 43.5 Å². The Morgan fingerprint density at radius 3 is 2.53 bits per heavy atom. The lowest BCUT2D eigenvalue weighted by Gasteiger charge is -2.11. The van der Waals surface area contributed by atoms with E-state index >= 15 is 0 Å². The van der Waals surface area contributed by atoms with Gasteiger partial charge < -0.3 is 5.32 Å². The summed E-state index contributed by atoms with van der Waals surface area (Å²) in [5, 5.41) is 2.88. The van der Waals surface area contributed by atoms with Crippen LogP contribution < -0.4 is 5.32 Å². The molecule has 0 aliphatic carbocycles. The summed E-state index contributed by atoms with van der Waals surface area (Å²) in [6.07, 6.45) is 1.60. The van der Waals surface area contributed by atoms with Crippen LogP contribution in [0.1, 0.15) is 21.6 Å². The van der Waals surface area contributed by atoms with Gasteiger partial charge in [-0.3, -0.25) is 4.79 Å². The second-order valence-corrected chi connectivity index (χ2v) is 6.02. The molecule has 0 saturated carbocycles. The Labute approximate surface area is 128 Å². The first kappa shape index (κ1) is 14.2. The second kappa shape index (κ2) is 5.84. The van der Waals surface area contributed by atoms with E-state index in [4.69, 9.17) is 0 Å². The molecule has 0 aliphatic heterocycles. The summed E-state index contributed by atoms with van der Waals surface area (Å²) in [6, 6.07) is 7.46. The molecule has 2 aromatic rings. The fourth-order valence-electron chi connectivity index (χ4n) is 1.76. The average molecular weight is 384 g/mol. The van der Waals surface area contributed by atoms with Gasteiger partial charge in [0.25, 0.3) is 5.91 Å². The maximum Gasteiger partial charge on any atom is 0.274 e. The molecule has 0 fully saturated rings. The monoisotopic (exact) mass is 382 g/mol. The zero-order chi connectivity index (χ0) is 14.0. The molecule has 0 atom stereocenters. The van der Waals surface area contributed by atoms with Gasteiger partial charge in [0.05, 0.1) is 5.69 Å². The molecule has 1 aromatic heterocycles. The molecule has 0 spiro atoms.